The zero-order valence-corrected chi connectivity index (χ0v) is 16.6. The molecule has 5 nitrogen and oxygen atoms in total. The van der Waals surface area contributed by atoms with Gasteiger partial charge in [-0.15, -0.1) is 0 Å². The van der Waals surface area contributed by atoms with E-state index in [1.807, 2.05) is 55.5 Å². The van der Waals surface area contributed by atoms with Crippen LogP contribution in [0.25, 0.3) is 22.2 Å². The van der Waals surface area contributed by atoms with Crippen molar-refractivity contribution in [3.8, 4) is 17.0 Å². The normalized spacial score (nSPS) is 11.0. The van der Waals surface area contributed by atoms with E-state index in [0.29, 0.717) is 29.6 Å². The van der Waals surface area contributed by atoms with Gasteiger partial charge in [-0.25, -0.2) is 9.78 Å². The molecule has 0 radical (unpaired) electrons. The highest BCUT2D eigenvalue weighted by atomic mass is 35.5. The Bertz CT molecular complexity index is 1190. The molecule has 0 aliphatic carbocycles. The van der Waals surface area contributed by atoms with E-state index >= 15 is 0 Å². The fourth-order valence-electron chi connectivity index (χ4n) is 3.40. The number of pyridine rings is 1. The van der Waals surface area contributed by atoms with Crippen LogP contribution < -0.4 is 4.74 Å². The molecule has 0 saturated heterocycles. The van der Waals surface area contributed by atoms with Gasteiger partial charge < -0.3 is 14.4 Å². The zero-order chi connectivity index (χ0) is 20.4. The van der Waals surface area contributed by atoms with Gasteiger partial charge in [-0.3, -0.25) is 0 Å². The molecule has 0 unspecified atom stereocenters. The Hall–Kier alpha value is -3.31. The van der Waals surface area contributed by atoms with Gasteiger partial charge in [0.2, 0.25) is 0 Å². The van der Waals surface area contributed by atoms with Gasteiger partial charge in [0, 0.05) is 11.1 Å². The molecule has 0 amide bonds. The number of halogens is 1. The summed E-state index contributed by atoms with van der Waals surface area (Å²) in [6, 6.07) is 20.9. The fraction of sp³-hybridized carbons (Fsp3) is 0.130. The molecule has 2 aromatic heterocycles. The maximum atomic E-state index is 11.3. The molecule has 0 fully saturated rings. The second-order valence-corrected chi connectivity index (χ2v) is 6.98. The van der Waals surface area contributed by atoms with Crippen molar-refractivity contribution in [2.75, 3.05) is 6.61 Å². The summed E-state index contributed by atoms with van der Waals surface area (Å²) in [5.74, 6) is -0.402. The molecule has 0 aliphatic rings. The maximum absolute atomic E-state index is 11.3. The van der Waals surface area contributed by atoms with Crippen LogP contribution >= 0.6 is 11.6 Å². The van der Waals surface area contributed by atoms with Crippen LogP contribution in [0.2, 0.25) is 5.02 Å². The number of aromatic carboxylic acids is 1. The van der Waals surface area contributed by atoms with Gasteiger partial charge in [-0.2, -0.15) is 0 Å². The lowest BCUT2D eigenvalue weighted by atomic mass is 10.1. The van der Waals surface area contributed by atoms with Crippen molar-refractivity contribution in [1.82, 2.24) is 9.55 Å². The molecule has 0 atom stereocenters. The molecule has 4 rings (SSSR count). The standard InChI is InChI=1S/C23H19ClN2O3/c1-2-29-22-12-16-11-20(15-7-4-3-5-8-15)26(21(16)13-18(22)24)14-17-9-6-10-19(25-17)23(27)28/h3-13H,2,14H2,1H3,(H,27,28). The summed E-state index contributed by atoms with van der Waals surface area (Å²) in [5.41, 5.74) is 3.65. The lowest BCUT2D eigenvalue weighted by molar-refractivity contribution is 0.0690. The van der Waals surface area contributed by atoms with Gasteiger partial charge in [0.1, 0.15) is 11.4 Å². The minimum Gasteiger partial charge on any atom is -0.492 e. The number of aromatic nitrogens is 2. The largest absolute Gasteiger partial charge is 0.492 e. The number of hydrogen-bond donors (Lipinski definition) is 1. The van der Waals surface area contributed by atoms with E-state index in [4.69, 9.17) is 16.3 Å². The van der Waals surface area contributed by atoms with E-state index in [2.05, 4.69) is 15.6 Å². The number of carbonyl (C=O) groups is 1. The Morgan fingerprint density at radius 1 is 1.10 bits per heavy atom. The third-order valence-electron chi connectivity index (χ3n) is 4.67. The molecule has 4 aromatic rings. The maximum Gasteiger partial charge on any atom is 0.354 e. The number of benzene rings is 2. The van der Waals surface area contributed by atoms with Gasteiger partial charge in [0.15, 0.2) is 0 Å². The van der Waals surface area contributed by atoms with Crippen LogP contribution in [0.3, 0.4) is 0 Å². The molecular formula is C23H19ClN2O3. The SMILES string of the molecule is CCOc1cc2cc(-c3ccccc3)n(Cc3cccc(C(=O)O)n3)c2cc1Cl. The van der Waals surface area contributed by atoms with E-state index in [9.17, 15) is 9.90 Å². The van der Waals surface area contributed by atoms with Crippen molar-refractivity contribution in [3.05, 3.63) is 83.1 Å². The quantitative estimate of drug-likeness (QED) is 0.459. The fourth-order valence-corrected chi connectivity index (χ4v) is 3.61. The van der Waals surface area contributed by atoms with Gasteiger partial charge in [-0.1, -0.05) is 48.0 Å². The Morgan fingerprint density at radius 3 is 2.62 bits per heavy atom. The second kappa shape index (κ2) is 7.97. The molecule has 0 bridgehead atoms. The van der Waals surface area contributed by atoms with Gasteiger partial charge in [0.05, 0.1) is 29.4 Å². The third-order valence-corrected chi connectivity index (χ3v) is 4.97. The second-order valence-electron chi connectivity index (χ2n) is 6.58. The number of hydrogen-bond acceptors (Lipinski definition) is 3. The summed E-state index contributed by atoms with van der Waals surface area (Å²) < 4.78 is 7.74. The Morgan fingerprint density at radius 2 is 1.90 bits per heavy atom. The number of nitrogens with zero attached hydrogens (tertiary/aromatic N) is 2. The van der Waals surface area contributed by atoms with Crippen LogP contribution in [0.15, 0.2) is 66.7 Å². The number of carboxylic acid groups (broad SMARTS) is 1. The average Bonchev–Trinajstić information content (AvgIpc) is 3.06. The summed E-state index contributed by atoms with van der Waals surface area (Å²) in [6.07, 6.45) is 0. The van der Waals surface area contributed by atoms with Crippen molar-refractivity contribution >= 4 is 28.5 Å². The van der Waals surface area contributed by atoms with Crippen molar-refractivity contribution in [2.45, 2.75) is 13.5 Å². The predicted molar refractivity (Wildman–Crippen MR) is 114 cm³/mol. The van der Waals surface area contributed by atoms with E-state index in [1.165, 1.54) is 6.07 Å². The summed E-state index contributed by atoms with van der Waals surface area (Å²) in [4.78, 5) is 15.6. The Balaban J connectivity index is 1.89. The third kappa shape index (κ3) is 3.82. The zero-order valence-electron chi connectivity index (χ0n) is 15.8. The number of carboxylic acids is 1. The van der Waals surface area contributed by atoms with Crippen molar-refractivity contribution in [2.24, 2.45) is 0 Å². The summed E-state index contributed by atoms with van der Waals surface area (Å²) in [7, 11) is 0. The summed E-state index contributed by atoms with van der Waals surface area (Å²) >= 11 is 6.45. The molecule has 2 heterocycles. The first kappa shape index (κ1) is 19.0. The highest BCUT2D eigenvalue weighted by Gasteiger charge is 2.15. The number of fused-ring (bicyclic) bond motifs is 1. The smallest absolute Gasteiger partial charge is 0.354 e. The van der Waals surface area contributed by atoms with E-state index in [1.54, 1.807) is 6.07 Å². The van der Waals surface area contributed by atoms with Gasteiger partial charge in [0.25, 0.3) is 0 Å². The number of ether oxygens (including phenoxy) is 1. The lowest BCUT2D eigenvalue weighted by Crippen LogP contribution is -2.07. The Kier molecular flexibility index (Phi) is 5.23. The molecule has 2 aromatic carbocycles. The van der Waals surface area contributed by atoms with Crippen LogP contribution in [0, 0.1) is 0 Å². The minimum absolute atomic E-state index is 0.0249. The van der Waals surface area contributed by atoms with E-state index in [-0.39, 0.29) is 5.69 Å². The first-order chi connectivity index (χ1) is 14.1. The summed E-state index contributed by atoms with van der Waals surface area (Å²) in [6.45, 7) is 2.87. The average molecular weight is 407 g/mol. The predicted octanol–water partition coefficient (Wildman–Crippen LogP) is 5.50. The van der Waals surface area contributed by atoms with Crippen LogP contribution in [-0.2, 0) is 6.54 Å². The monoisotopic (exact) mass is 406 g/mol. The van der Waals surface area contributed by atoms with Crippen LogP contribution in [0.1, 0.15) is 23.1 Å². The van der Waals surface area contributed by atoms with Crippen LogP contribution in [0.4, 0.5) is 0 Å². The van der Waals surface area contributed by atoms with E-state index < -0.39 is 5.97 Å². The first-order valence-corrected chi connectivity index (χ1v) is 9.65. The van der Waals surface area contributed by atoms with Crippen molar-refractivity contribution < 1.29 is 14.6 Å². The van der Waals surface area contributed by atoms with Gasteiger partial charge in [-0.05, 0) is 42.8 Å². The highest BCUT2D eigenvalue weighted by Crippen LogP contribution is 2.35. The highest BCUT2D eigenvalue weighted by molar-refractivity contribution is 6.32. The number of rotatable bonds is 6. The van der Waals surface area contributed by atoms with Crippen molar-refractivity contribution in [1.29, 1.82) is 0 Å². The van der Waals surface area contributed by atoms with Crippen LogP contribution in [-0.4, -0.2) is 27.2 Å². The molecule has 0 saturated carbocycles. The molecule has 1 N–H and O–H groups in total. The molecule has 6 heteroatoms. The molecular weight excluding hydrogens is 388 g/mol. The molecule has 0 aliphatic heterocycles. The van der Waals surface area contributed by atoms with Crippen molar-refractivity contribution in [3.63, 3.8) is 0 Å². The first-order valence-electron chi connectivity index (χ1n) is 9.27. The molecule has 0 spiro atoms. The van der Waals surface area contributed by atoms with Crippen LogP contribution in [0.5, 0.6) is 5.75 Å². The van der Waals surface area contributed by atoms with E-state index in [0.717, 1.165) is 22.2 Å². The lowest BCUT2D eigenvalue weighted by Gasteiger charge is -2.12. The topological polar surface area (TPSA) is 64.3 Å². The molecule has 146 valence electrons. The summed E-state index contributed by atoms with van der Waals surface area (Å²) in [5, 5.41) is 10.8. The minimum atomic E-state index is -1.04. The van der Waals surface area contributed by atoms with Gasteiger partial charge >= 0.3 is 5.97 Å². The molecule has 29 heavy (non-hydrogen) atoms. The Labute approximate surface area is 173 Å².